The Morgan fingerprint density at radius 2 is 1.95 bits per heavy atom. The maximum absolute atomic E-state index is 4.62. The third-order valence-corrected chi connectivity index (χ3v) is 4.36. The smallest absolute Gasteiger partial charge is 0.131 e. The van der Waals surface area contributed by atoms with Gasteiger partial charge in [0.15, 0.2) is 0 Å². The summed E-state index contributed by atoms with van der Waals surface area (Å²) in [5.74, 6) is 1.31. The van der Waals surface area contributed by atoms with Gasteiger partial charge < -0.3 is 15.1 Å². The van der Waals surface area contributed by atoms with Crippen LogP contribution in [0, 0.1) is 6.92 Å². The first kappa shape index (κ1) is 15.3. The molecule has 1 aliphatic rings. The molecule has 2 heterocycles. The van der Waals surface area contributed by atoms with Crippen LogP contribution in [0.15, 0.2) is 0 Å². The predicted molar refractivity (Wildman–Crippen MR) is 84.2 cm³/mol. The van der Waals surface area contributed by atoms with Crippen molar-refractivity contribution < 1.29 is 0 Å². The molecular formula is C15H29N5. The quantitative estimate of drug-likeness (QED) is 0.883. The predicted octanol–water partition coefficient (Wildman–Crippen LogP) is 1.37. The lowest BCUT2D eigenvalue weighted by molar-refractivity contribution is 0.249. The Morgan fingerprint density at radius 3 is 2.50 bits per heavy atom. The summed E-state index contributed by atoms with van der Waals surface area (Å²) in [6, 6.07) is 0.720. The van der Waals surface area contributed by atoms with Crippen LogP contribution in [0.1, 0.15) is 31.0 Å². The minimum atomic E-state index is 0.720. The van der Waals surface area contributed by atoms with E-state index in [1.54, 1.807) is 0 Å². The molecule has 1 N–H and O–H groups in total. The van der Waals surface area contributed by atoms with Crippen molar-refractivity contribution in [2.24, 2.45) is 7.05 Å². The van der Waals surface area contributed by atoms with Crippen LogP contribution in [-0.2, 0) is 13.6 Å². The highest BCUT2D eigenvalue weighted by Gasteiger charge is 2.25. The minimum absolute atomic E-state index is 0.720. The van der Waals surface area contributed by atoms with Crippen molar-refractivity contribution in [3.8, 4) is 0 Å². The molecule has 5 nitrogen and oxygen atoms in total. The maximum Gasteiger partial charge on any atom is 0.131 e. The Hall–Kier alpha value is -1.07. The summed E-state index contributed by atoms with van der Waals surface area (Å²) in [5.41, 5.74) is 2.51. The van der Waals surface area contributed by atoms with Gasteiger partial charge in [0.2, 0.25) is 0 Å². The van der Waals surface area contributed by atoms with Crippen molar-refractivity contribution in [3.63, 3.8) is 0 Å². The number of rotatable bonds is 5. The van der Waals surface area contributed by atoms with Gasteiger partial charge in [0.05, 0.1) is 5.69 Å². The molecule has 0 unspecified atom stereocenters. The molecule has 0 spiro atoms. The van der Waals surface area contributed by atoms with Crippen LogP contribution < -0.4 is 10.2 Å². The highest BCUT2D eigenvalue weighted by atomic mass is 15.4. The third-order valence-electron chi connectivity index (χ3n) is 4.36. The Bertz CT molecular complexity index is 430. The molecule has 1 aromatic heterocycles. The van der Waals surface area contributed by atoms with Crippen LogP contribution in [0.4, 0.5) is 5.82 Å². The van der Waals surface area contributed by atoms with Crippen molar-refractivity contribution in [2.45, 2.75) is 39.3 Å². The third kappa shape index (κ3) is 3.15. The molecule has 20 heavy (non-hydrogen) atoms. The van der Waals surface area contributed by atoms with E-state index in [1.807, 2.05) is 0 Å². The summed E-state index contributed by atoms with van der Waals surface area (Å²) >= 11 is 0. The van der Waals surface area contributed by atoms with Crippen LogP contribution >= 0.6 is 0 Å². The summed E-state index contributed by atoms with van der Waals surface area (Å²) in [4.78, 5) is 4.86. The van der Waals surface area contributed by atoms with Crippen molar-refractivity contribution in [3.05, 3.63) is 11.3 Å². The summed E-state index contributed by atoms with van der Waals surface area (Å²) in [6.07, 6.45) is 2.47. The van der Waals surface area contributed by atoms with E-state index in [0.717, 1.165) is 37.9 Å². The van der Waals surface area contributed by atoms with Crippen LogP contribution in [0.5, 0.6) is 0 Å². The summed E-state index contributed by atoms with van der Waals surface area (Å²) in [6.45, 7) is 8.42. The van der Waals surface area contributed by atoms with E-state index < -0.39 is 0 Å². The standard InChI is InChI=1S/C15H29N5/c1-6-16-11-14-12(2)17-19(5)15(14)20-9-7-13(8-10-20)18(3)4/h13,16H,6-11H2,1-5H3. The molecule has 5 heteroatoms. The van der Waals surface area contributed by atoms with Crippen LogP contribution in [-0.4, -0.2) is 54.5 Å². The Labute approximate surface area is 122 Å². The second kappa shape index (κ2) is 6.59. The van der Waals surface area contributed by atoms with Crippen molar-refractivity contribution >= 4 is 5.82 Å². The van der Waals surface area contributed by atoms with E-state index in [1.165, 1.54) is 24.2 Å². The van der Waals surface area contributed by atoms with Gasteiger partial charge in [-0.2, -0.15) is 5.10 Å². The van der Waals surface area contributed by atoms with E-state index in [2.05, 4.69) is 59.9 Å². The molecule has 0 radical (unpaired) electrons. The molecule has 0 bridgehead atoms. The van der Waals surface area contributed by atoms with Crippen molar-refractivity contribution in [1.82, 2.24) is 20.0 Å². The lowest BCUT2D eigenvalue weighted by Gasteiger charge is -2.36. The van der Waals surface area contributed by atoms with Gasteiger partial charge >= 0.3 is 0 Å². The molecule has 0 amide bonds. The largest absolute Gasteiger partial charge is 0.356 e. The molecule has 0 aromatic carbocycles. The van der Waals surface area contributed by atoms with E-state index >= 15 is 0 Å². The fraction of sp³-hybridized carbons (Fsp3) is 0.800. The average Bonchev–Trinajstić information content (AvgIpc) is 2.70. The lowest BCUT2D eigenvalue weighted by Crippen LogP contribution is -2.43. The zero-order chi connectivity index (χ0) is 14.7. The topological polar surface area (TPSA) is 36.3 Å². The van der Waals surface area contributed by atoms with Crippen molar-refractivity contribution in [2.75, 3.05) is 38.6 Å². The molecule has 114 valence electrons. The number of piperidine rings is 1. The molecule has 1 aliphatic heterocycles. The van der Waals surface area contributed by atoms with Gasteiger partial charge in [-0.1, -0.05) is 6.92 Å². The van der Waals surface area contributed by atoms with E-state index in [4.69, 9.17) is 0 Å². The average molecular weight is 279 g/mol. The van der Waals surface area contributed by atoms with Crippen LogP contribution in [0.2, 0.25) is 0 Å². The first-order chi connectivity index (χ1) is 9.54. The van der Waals surface area contributed by atoms with Gasteiger partial charge in [0, 0.05) is 38.3 Å². The molecular weight excluding hydrogens is 250 g/mol. The number of aryl methyl sites for hydroxylation is 2. The Balaban J connectivity index is 2.12. The van der Waals surface area contributed by atoms with E-state index in [-0.39, 0.29) is 0 Å². The molecule has 1 saturated heterocycles. The number of aromatic nitrogens is 2. The molecule has 2 rings (SSSR count). The highest BCUT2D eigenvalue weighted by molar-refractivity contribution is 5.50. The van der Waals surface area contributed by atoms with Gasteiger partial charge in [0.1, 0.15) is 5.82 Å². The first-order valence-electron chi connectivity index (χ1n) is 7.69. The second-order valence-corrected chi connectivity index (χ2v) is 5.97. The Morgan fingerprint density at radius 1 is 1.30 bits per heavy atom. The van der Waals surface area contributed by atoms with Crippen LogP contribution in [0.3, 0.4) is 0 Å². The molecule has 1 fully saturated rings. The normalized spacial score (nSPS) is 17.2. The molecule has 0 aliphatic carbocycles. The van der Waals surface area contributed by atoms with E-state index in [9.17, 15) is 0 Å². The van der Waals surface area contributed by atoms with Crippen LogP contribution in [0.25, 0.3) is 0 Å². The van der Waals surface area contributed by atoms with Gasteiger partial charge in [0.25, 0.3) is 0 Å². The molecule has 0 atom stereocenters. The summed E-state index contributed by atoms with van der Waals surface area (Å²) in [5, 5.41) is 8.05. The lowest BCUT2D eigenvalue weighted by atomic mass is 10.0. The monoisotopic (exact) mass is 279 g/mol. The number of nitrogens with one attached hydrogen (secondary N) is 1. The highest BCUT2D eigenvalue weighted by Crippen LogP contribution is 2.27. The van der Waals surface area contributed by atoms with Gasteiger partial charge in [-0.3, -0.25) is 4.68 Å². The molecule has 1 aromatic rings. The zero-order valence-electron chi connectivity index (χ0n) is 13.6. The number of nitrogens with zero attached hydrogens (tertiary/aromatic N) is 4. The minimum Gasteiger partial charge on any atom is -0.356 e. The summed E-state index contributed by atoms with van der Waals surface area (Å²) in [7, 11) is 6.44. The Kier molecular flexibility index (Phi) is 5.05. The second-order valence-electron chi connectivity index (χ2n) is 5.97. The first-order valence-corrected chi connectivity index (χ1v) is 7.69. The SMILES string of the molecule is CCNCc1c(C)nn(C)c1N1CCC(N(C)C)CC1. The fourth-order valence-corrected chi connectivity index (χ4v) is 3.14. The van der Waals surface area contributed by atoms with Gasteiger partial charge in [-0.15, -0.1) is 0 Å². The zero-order valence-corrected chi connectivity index (χ0v) is 13.6. The van der Waals surface area contributed by atoms with Gasteiger partial charge in [-0.25, -0.2) is 0 Å². The number of anilines is 1. The van der Waals surface area contributed by atoms with Crippen molar-refractivity contribution in [1.29, 1.82) is 0 Å². The molecule has 0 saturated carbocycles. The fourth-order valence-electron chi connectivity index (χ4n) is 3.14. The number of hydrogen-bond donors (Lipinski definition) is 1. The van der Waals surface area contributed by atoms with E-state index in [0.29, 0.717) is 0 Å². The maximum atomic E-state index is 4.62. The van der Waals surface area contributed by atoms with Gasteiger partial charge in [-0.05, 0) is 40.4 Å². The number of hydrogen-bond acceptors (Lipinski definition) is 4. The summed E-state index contributed by atoms with van der Waals surface area (Å²) < 4.78 is 2.05.